The van der Waals surface area contributed by atoms with Gasteiger partial charge in [0.2, 0.25) is 0 Å². The van der Waals surface area contributed by atoms with E-state index in [0.717, 1.165) is 15.9 Å². The highest BCUT2D eigenvalue weighted by Gasteiger charge is 2.47. The lowest BCUT2D eigenvalue weighted by Gasteiger charge is -2.38. The minimum atomic E-state index is -3.12. The summed E-state index contributed by atoms with van der Waals surface area (Å²) in [4.78, 5) is 2.64. The van der Waals surface area contributed by atoms with Gasteiger partial charge in [-0.15, -0.1) is 0 Å². The number of benzene rings is 7. The summed E-state index contributed by atoms with van der Waals surface area (Å²) < 4.78 is 15.3. The predicted octanol–water partition coefficient (Wildman–Crippen LogP) is 10.5. The Morgan fingerprint density at radius 3 is 1.47 bits per heavy atom. The van der Waals surface area contributed by atoms with Gasteiger partial charge in [0.1, 0.15) is 0 Å². The quantitative estimate of drug-likeness (QED) is 0.170. The van der Waals surface area contributed by atoms with Gasteiger partial charge in [-0.3, -0.25) is 0 Å². The van der Waals surface area contributed by atoms with Crippen LogP contribution in [0.3, 0.4) is 0 Å². The van der Waals surface area contributed by atoms with Gasteiger partial charge in [0.05, 0.1) is 5.41 Å². The predicted molar refractivity (Wildman–Crippen MR) is 206 cm³/mol. The highest BCUT2D eigenvalue weighted by Crippen LogP contribution is 2.58. The minimum absolute atomic E-state index is 0.159. The van der Waals surface area contributed by atoms with Crippen LogP contribution in [0.15, 0.2) is 186 Å². The molecule has 0 amide bonds. The highest BCUT2D eigenvalue weighted by molar-refractivity contribution is 7.99. The van der Waals surface area contributed by atoms with E-state index in [1.165, 1.54) is 54.3 Å². The summed E-state index contributed by atoms with van der Waals surface area (Å²) in [7, 11) is -3.12. The Morgan fingerprint density at radius 1 is 0.429 bits per heavy atom. The van der Waals surface area contributed by atoms with Gasteiger partial charge < -0.3 is 4.57 Å². The van der Waals surface area contributed by atoms with E-state index in [2.05, 4.69) is 129 Å². The molecule has 1 aliphatic heterocycles. The van der Waals surface area contributed by atoms with Crippen LogP contribution in [-0.2, 0) is 15.4 Å². The van der Waals surface area contributed by atoms with Crippen molar-refractivity contribution in [3.05, 3.63) is 209 Å². The summed E-state index contributed by atoms with van der Waals surface area (Å²) in [6, 6.07) is 62.3. The first-order valence-electron chi connectivity index (χ1n) is 16.9. The molecule has 0 spiro atoms. The van der Waals surface area contributed by atoms with E-state index in [9.17, 15) is 0 Å². The fourth-order valence-electron chi connectivity index (χ4n) is 8.34. The van der Waals surface area contributed by atoms with E-state index in [0.29, 0.717) is 0 Å². The summed E-state index contributed by atoms with van der Waals surface area (Å²) in [6.45, 7) is 4.72. The second-order valence-corrected chi connectivity index (χ2v) is 17.5. The van der Waals surface area contributed by atoms with Crippen molar-refractivity contribution in [2.75, 3.05) is 0 Å². The average Bonchev–Trinajstić information content (AvgIpc) is 3.46. The summed E-state index contributed by atoms with van der Waals surface area (Å²) in [5.74, 6) is 0. The van der Waals surface area contributed by atoms with Crippen molar-refractivity contribution < 1.29 is 4.57 Å². The molecule has 2 aliphatic rings. The fraction of sp³-hybridized carbons (Fsp3) is 0.0870. The van der Waals surface area contributed by atoms with Crippen LogP contribution in [0.1, 0.15) is 47.2 Å². The van der Waals surface area contributed by atoms with E-state index in [-0.39, 0.29) is 5.41 Å². The van der Waals surface area contributed by atoms with Crippen LogP contribution in [0.2, 0.25) is 0 Å². The van der Waals surface area contributed by atoms with E-state index in [1.54, 1.807) is 0 Å². The largest absolute Gasteiger partial charge is 0.309 e. The Balaban J connectivity index is 1.29. The lowest BCUT2D eigenvalue weighted by molar-refractivity contribution is 0.592. The molecular formula is C46H35OPS. The molecule has 236 valence electrons. The number of rotatable bonds is 5. The molecule has 9 rings (SSSR count). The normalized spacial score (nSPS) is 15.1. The van der Waals surface area contributed by atoms with Crippen LogP contribution in [0, 0.1) is 0 Å². The zero-order valence-corrected chi connectivity index (χ0v) is 29.2. The SMILES string of the molecule is CC1(C)c2ccccc2Sc2ccc(C3(c4ccc(P(=O)(c5ccccc5)c5ccccc5)cc4)c4ccccc4-c4ccccc43)cc21. The highest BCUT2D eigenvalue weighted by atomic mass is 32.2. The van der Waals surface area contributed by atoms with Gasteiger partial charge in [-0.05, 0) is 56.6 Å². The van der Waals surface area contributed by atoms with Gasteiger partial charge in [-0.25, -0.2) is 0 Å². The van der Waals surface area contributed by atoms with Crippen LogP contribution in [-0.4, -0.2) is 0 Å². The maximum atomic E-state index is 15.3. The van der Waals surface area contributed by atoms with Crippen molar-refractivity contribution in [2.24, 2.45) is 0 Å². The smallest absolute Gasteiger partial charge is 0.171 e. The zero-order valence-electron chi connectivity index (χ0n) is 27.5. The van der Waals surface area contributed by atoms with E-state index >= 15 is 4.57 Å². The second-order valence-electron chi connectivity index (χ2n) is 13.6. The molecule has 0 saturated carbocycles. The molecule has 0 N–H and O–H groups in total. The summed E-state index contributed by atoms with van der Waals surface area (Å²) in [6.07, 6.45) is 0. The Labute approximate surface area is 293 Å². The van der Waals surface area contributed by atoms with Gasteiger partial charge in [0.15, 0.2) is 7.14 Å². The van der Waals surface area contributed by atoms with E-state index in [4.69, 9.17) is 0 Å². The van der Waals surface area contributed by atoms with E-state index in [1.807, 2.05) is 72.4 Å². The Bertz CT molecular complexity index is 2320. The monoisotopic (exact) mass is 666 g/mol. The third kappa shape index (κ3) is 4.37. The second kappa shape index (κ2) is 11.3. The van der Waals surface area contributed by atoms with Gasteiger partial charge in [0.25, 0.3) is 0 Å². The van der Waals surface area contributed by atoms with Crippen molar-refractivity contribution in [3.63, 3.8) is 0 Å². The van der Waals surface area contributed by atoms with Crippen LogP contribution in [0.5, 0.6) is 0 Å². The number of hydrogen-bond donors (Lipinski definition) is 0. The molecule has 0 unspecified atom stereocenters. The molecule has 1 nitrogen and oxygen atoms in total. The number of fused-ring (bicyclic) bond motifs is 5. The minimum Gasteiger partial charge on any atom is -0.309 e. The summed E-state index contributed by atoms with van der Waals surface area (Å²) >= 11 is 1.87. The molecule has 0 bridgehead atoms. The van der Waals surface area contributed by atoms with Crippen LogP contribution < -0.4 is 15.9 Å². The summed E-state index contributed by atoms with van der Waals surface area (Å²) in [5.41, 5.74) is 9.50. The lowest BCUT2D eigenvalue weighted by Crippen LogP contribution is -2.31. The molecule has 0 radical (unpaired) electrons. The van der Waals surface area contributed by atoms with Crippen molar-refractivity contribution in [1.82, 2.24) is 0 Å². The van der Waals surface area contributed by atoms with Crippen molar-refractivity contribution in [3.8, 4) is 11.1 Å². The molecular weight excluding hydrogens is 632 g/mol. The maximum absolute atomic E-state index is 15.3. The third-order valence-corrected chi connectivity index (χ3v) is 14.9. The van der Waals surface area contributed by atoms with Crippen LogP contribution >= 0.6 is 18.9 Å². The first-order valence-corrected chi connectivity index (χ1v) is 19.4. The zero-order chi connectivity index (χ0) is 33.2. The first-order chi connectivity index (χ1) is 23.9. The fourth-order valence-corrected chi connectivity index (χ4v) is 12.4. The molecule has 3 heteroatoms. The molecule has 1 heterocycles. The Hall–Kier alpha value is -4.88. The summed E-state index contributed by atoms with van der Waals surface area (Å²) in [5, 5.41) is 2.52. The van der Waals surface area contributed by atoms with Gasteiger partial charge in [-0.1, -0.05) is 189 Å². The first kappa shape index (κ1) is 30.2. The Morgan fingerprint density at radius 2 is 0.878 bits per heavy atom. The van der Waals surface area contributed by atoms with Crippen molar-refractivity contribution in [1.29, 1.82) is 0 Å². The molecule has 49 heavy (non-hydrogen) atoms. The molecule has 0 fully saturated rings. The molecule has 7 aromatic rings. The topological polar surface area (TPSA) is 17.1 Å². The van der Waals surface area contributed by atoms with Gasteiger partial charge in [-0.2, -0.15) is 0 Å². The van der Waals surface area contributed by atoms with Crippen molar-refractivity contribution in [2.45, 2.75) is 34.5 Å². The molecule has 1 aliphatic carbocycles. The van der Waals surface area contributed by atoms with Crippen molar-refractivity contribution >= 4 is 34.8 Å². The van der Waals surface area contributed by atoms with Gasteiger partial charge >= 0.3 is 0 Å². The maximum Gasteiger partial charge on any atom is 0.171 e. The molecule has 0 aromatic heterocycles. The number of hydrogen-bond acceptors (Lipinski definition) is 2. The molecule has 7 aromatic carbocycles. The third-order valence-electron chi connectivity index (χ3n) is 10.7. The molecule has 0 atom stereocenters. The van der Waals surface area contributed by atoms with E-state index < -0.39 is 12.6 Å². The van der Waals surface area contributed by atoms with Gasteiger partial charge in [0, 0.05) is 31.1 Å². The standard InChI is InChI=1S/C46H35OPS/c1-45(2)41-23-13-14-24-43(41)49-44-30-27-33(31-42(44)45)46(39-21-11-9-19-37(39)38-20-10-12-22-40(38)46)32-25-28-36(29-26-32)48(47,34-15-5-3-6-16-34)35-17-7-4-8-18-35/h3-31H,1-2H3. The molecule has 0 saturated heterocycles. The van der Waals surface area contributed by atoms with Crippen LogP contribution in [0.25, 0.3) is 11.1 Å². The Kier molecular flexibility index (Phi) is 6.99. The van der Waals surface area contributed by atoms with Crippen LogP contribution in [0.4, 0.5) is 0 Å². The average molecular weight is 667 g/mol. The lowest BCUT2D eigenvalue weighted by atomic mass is 9.66.